The molecule has 0 radical (unpaired) electrons. The molecule has 2 nitrogen and oxygen atoms in total. The Kier molecular flexibility index (Phi) is 4.84. The fraction of sp³-hybridized carbons (Fsp3) is 0.182. The molecule has 0 aliphatic heterocycles. The van der Waals surface area contributed by atoms with Crippen LogP contribution in [0.3, 0.4) is 0 Å². The van der Waals surface area contributed by atoms with Gasteiger partial charge in [-0.15, -0.1) is 11.3 Å². The maximum absolute atomic E-state index is 13.0. The summed E-state index contributed by atoms with van der Waals surface area (Å²) in [6.45, 7) is 0.188. The van der Waals surface area contributed by atoms with Crippen LogP contribution in [0.5, 0.6) is 0 Å². The van der Waals surface area contributed by atoms with Crippen molar-refractivity contribution in [2.75, 3.05) is 5.32 Å². The third-order valence-corrected chi connectivity index (χ3v) is 4.28. The van der Waals surface area contributed by atoms with Crippen LogP contribution in [0.15, 0.2) is 22.8 Å². The highest BCUT2D eigenvalue weighted by Crippen LogP contribution is 2.41. The van der Waals surface area contributed by atoms with Crippen LogP contribution < -0.4 is 5.32 Å². The molecule has 0 spiro atoms. The second-order valence-corrected chi connectivity index (χ2v) is 6.73. The summed E-state index contributed by atoms with van der Waals surface area (Å²) in [7, 11) is 0. The molecule has 1 heterocycles. The number of rotatable bonds is 3. The number of hydrogen-bond donors (Lipinski definition) is 1. The zero-order valence-electron chi connectivity index (χ0n) is 9.56. The first-order valence-corrected chi connectivity index (χ1v) is 7.54. The fourth-order valence-corrected chi connectivity index (χ4v) is 3.39. The lowest BCUT2D eigenvalue weighted by atomic mass is 10.1. The molecule has 0 saturated heterocycles. The maximum Gasteiger partial charge on any atom is 0.418 e. The van der Waals surface area contributed by atoms with Gasteiger partial charge in [0.25, 0.3) is 0 Å². The van der Waals surface area contributed by atoms with Crippen LogP contribution in [0.4, 0.5) is 18.9 Å². The molecule has 0 fully saturated rings. The Balaban J connectivity index is 2.30. The van der Waals surface area contributed by atoms with E-state index in [1.54, 1.807) is 0 Å². The standard InChI is InChI=1S/C11H6BrCl2F3N2S/c12-8-2-5(13)1-7(11(15,16)17)9(8)18-3-6-4-19-10(14)20-6/h1-2,4,18H,3H2. The number of alkyl halides is 3. The molecule has 0 aliphatic carbocycles. The molecule has 0 amide bonds. The molecule has 0 unspecified atom stereocenters. The smallest absolute Gasteiger partial charge is 0.379 e. The van der Waals surface area contributed by atoms with Crippen molar-refractivity contribution in [3.63, 3.8) is 0 Å². The number of anilines is 1. The minimum absolute atomic E-state index is 0.00980. The highest BCUT2D eigenvalue weighted by Gasteiger charge is 2.34. The van der Waals surface area contributed by atoms with Crippen LogP contribution in [0.2, 0.25) is 9.49 Å². The van der Waals surface area contributed by atoms with Crippen molar-refractivity contribution in [3.8, 4) is 0 Å². The molecule has 2 aromatic rings. The first-order chi connectivity index (χ1) is 9.27. The molecule has 20 heavy (non-hydrogen) atoms. The lowest BCUT2D eigenvalue weighted by Crippen LogP contribution is -2.11. The number of aromatic nitrogens is 1. The monoisotopic (exact) mass is 404 g/mol. The maximum atomic E-state index is 13.0. The number of nitrogens with zero attached hydrogens (tertiary/aromatic N) is 1. The minimum atomic E-state index is -4.50. The van der Waals surface area contributed by atoms with Gasteiger partial charge in [0.2, 0.25) is 0 Å². The summed E-state index contributed by atoms with van der Waals surface area (Å²) in [5, 5.41) is 2.74. The van der Waals surface area contributed by atoms with Gasteiger partial charge in [-0.1, -0.05) is 23.2 Å². The van der Waals surface area contributed by atoms with E-state index >= 15 is 0 Å². The van der Waals surface area contributed by atoms with Crippen molar-refractivity contribution >= 4 is 56.2 Å². The van der Waals surface area contributed by atoms with Crippen LogP contribution in [-0.4, -0.2) is 4.98 Å². The molecule has 9 heteroatoms. The van der Waals surface area contributed by atoms with Crippen LogP contribution in [-0.2, 0) is 12.7 Å². The summed E-state index contributed by atoms with van der Waals surface area (Å²) in [5.74, 6) is 0. The molecular formula is C11H6BrCl2F3N2S. The molecular weight excluding hydrogens is 400 g/mol. The Labute approximate surface area is 135 Å². The van der Waals surface area contributed by atoms with E-state index in [4.69, 9.17) is 23.2 Å². The van der Waals surface area contributed by atoms with Gasteiger partial charge >= 0.3 is 6.18 Å². The second kappa shape index (κ2) is 6.09. The number of benzene rings is 1. The van der Waals surface area contributed by atoms with E-state index < -0.39 is 11.7 Å². The number of nitrogens with one attached hydrogen (secondary N) is 1. The van der Waals surface area contributed by atoms with Crippen LogP contribution in [0.25, 0.3) is 0 Å². The summed E-state index contributed by atoms with van der Waals surface area (Å²) in [6.07, 6.45) is -2.99. The number of halogens is 6. The molecule has 0 atom stereocenters. The van der Waals surface area contributed by atoms with Crippen molar-refractivity contribution < 1.29 is 13.2 Å². The topological polar surface area (TPSA) is 24.9 Å². The fourth-order valence-electron chi connectivity index (χ4n) is 1.52. The molecule has 2 rings (SSSR count). The Morgan fingerprint density at radius 1 is 1.30 bits per heavy atom. The third-order valence-electron chi connectivity index (χ3n) is 2.33. The molecule has 0 bridgehead atoms. The summed E-state index contributed by atoms with van der Waals surface area (Å²) < 4.78 is 39.5. The lowest BCUT2D eigenvalue weighted by Gasteiger charge is -2.16. The lowest BCUT2D eigenvalue weighted by molar-refractivity contribution is -0.137. The summed E-state index contributed by atoms with van der Waals surface area (Å²) >= 11 is 15.6. The Morgan fingerprint density at radius 3 is 2.55 bits per heavy atom. The van der Waals surface area contributed by atoms with E-state index in [0.29, 0.717) is 4.47 Å². The predicted molar refractivity (Wildman–Crippen MR) is 78.6 cm³/mol. The van der Waals surface area contributed by atoms with Crippen molar-refractivity contribution in [2.24, 2.45) is 0 Å². The molecule has 1 N–H and O–H groups in total. The Morgan fingerprint density at radius 2 is 2.00 bits per heavy atom. The van der Waals surface area contributed by atoms with E-state index in [0.717, 1.165) is 10.9 Å². The number of thiazole rings is 1. The van der Waals surface area contributed by atoms with Gasteiger partial charge in [0.1, 0.15) is 0 Å². The molecule has 1 aromatic heterocycles. The van der Waals surface area contributed by atoms with E-state index in [1.807, 2.05) is 0 Å². The highest BCUT2D eigenvalue weighted by atomic mass is 79.9. The Bertz CT molecular complexity index is 631. The zero-order valence-corrected chi connectivity index (χ0v) is 13.5. The average molecular weight is 406 g/mol. The van der Waals surface area contributed by atoms with Gasteiger partial charge in [-0.05, 0) is 28.1 Å². The molecule has 0 aliphatic rings. The first-order valence-electron chi connectivity index (χ1n) is 5.17. The largest absolute Gasteiger partial charge is 0.418 e. The van der Waals surface area contributed by atoms with Gasteiger partial charge in [0, 0.05) is 20.6 Å². The molecule has 1 aromatic carbocycles. The van der Waals surface area contributed by atoms with Gasteiger partial charge in [-0.3, -0.25) is 0 Å². The normalized spacial score (nSPS) is 11.7. The van der Waals surface area contributed by atoms with E-state index in [9.17, 15) is 13.2 Å². The predicted octanol–water partition coefficient (Wildman–Crippen LogP) is 5.84. The summed E-state index contributed by atoms with van der Waals surface area (Å²) in [5.41, 5.74) is -0.890. The van der Waals surface area contributed by atoms with Gasteiger partial charge in [-0.25, -0.2) is 4.98 Å². The molecule has 108 valence electrons. The van der Waals surface area contributed by atoms with Crippen LogP contribution in [0.1, 0.15) is 10.4 Å². The van der Waals surface area contributed by atoms with Crippen molar-refractivity contribution in [2.45, 2.75) is 12.7 Å². The number of hydrogen-bond acceptors (Lipinski definition) is 3. The van der Waals surface area contributed by atoms with Crippen LogP contribution >= 0.6 is 50.5 Å². The van der Waals surface area contributed by atoms with E-state index in [1.165, 1.54) is 23.6 Å². The summed E-state index contributed by atoms with van der Waals surface area (Å²) in [6, 6.07) is 2.28. The zero-order chi connectivity index (χ0) is 14.9. The van der Waals surface area contributed by atoms with Crippen LogP contribution in [0, 0.1) is 0 Å². The second-order valence-electron chi connectivity index (χ2n) is 3.74. The van der Waals surface area contributed by atoms with Gasteiger partial charge in [0.15, 0.2) is 4.47 Å². The summed E-state index contributed by atoms with van der Waals surface area (Å²) in [4.78, 5) is 4.55. The van der Waals surface area contributed by atoms with Gasteiger partial charge in [-0.2, -0.15) is 13.2 Å². The van der Waals surface area contributed by atoms with E-state index in [-0.39, 0.29) is 21.7 Å². The van der Waals surface area contributed by atoms with E-state index in [2.05, 4.69) is 26.2 Å². The van der Waals surface area contributed by atoms with Crippen molar-refractivity contribution in [3.05, 3.63) is 42.7 Å². The van der Waals surface area contributed by atoms with Crippen molar-refractivity contribution in [1.29, 1.82) is 0 Å². The quantitative estimate of drug-likeness (QED) is 0.693. The molecule has 0 saturated carbocycles. The Hall–Kier alpha value is -0.500. The SMILES string of the molecule is FC(F)(F)c1cc(Cl)cc(Br)c1NCc1cnc(Cl)s1. The minimum Gasteiger partial charge on any atom is -0.379 e. The third kappa shape index (κ3) is 3.78. The van der Waals surface area contributed by atoms with Crippen molar-refractivity contribution in [1.82, 2.24) is 4.98 Å². The van der Waals surface area contributed by atoms with Gasteiger partial charge in [0.05, 0.1) is 17.8 Å². The average Bonchev–Trinajstić information content (AvgIpc) is 2.72. The van der Waals surface area contributed by atoms with Gasteiger partial charge < -0.3 is 5.32 Å². The highest BCUT2D eigenvalue weighted by molar-refractivity contribution is 9.10. The first kappa shape index (κ1) is 15.9.